The lowest BCUT2D eigenvalue weighted by atomic mass is 10.0. The average molecular weight is 214 g/mol. The number of hydrogen-bond acceptors (Lipinski definition) is 4. The minimum atomic E-state index is -0.950. The molecule has 5 heteroatoms. The Morgan fingerprint density at radius 3 is 2.60 bits per heavy atom. The molecule has 0 unspecified atom stereocenters. The summed E-state index contributed by atoms with van der Waals surface area (Å²) in [7, 11) is 1.31. The quantitative estimate of drug-likeness (QED) is 0.631. The minimum absolute atomic E-state index is 0.0334. The summed E-state index contributed by atoms with van der Waals surface area (Å²) in [6.07, 6.45) is 0.823. The highest BCUT2D eigenvalue weighted by molar-refractivity contribution is 5.88. The Balaban J connectivity index is 2.52. The molecule has 1 saturated heterocycles. The van der Waals surface area contributed by atoms with Crippen molar-refractivity contribution in [2.75, 3.05) is 20.2 Å². The number of carbonyl (C=O) groups is 2. The molecule has 0 aromatic heterocycles. The molecule has 0 saturated carbocycles. The number of hydrogen-bond donors (Lipinski definition) is 2. The first-order valence-corrected chi connectivity index (χ1v) is 5.08. The smallest absolute Gasteiger partial charge is 0.330 e. The molecule has 1 aliphatic heterocycles. The summed E-state index contributed by atoms with van der Waals surface area (Å²) in [6.45, 7) is 4.82. The number of esters is 1. The fraction of sp³-hybridized carbons (Fsp3) is 0.800. The van der Waals surface area contributed by atoms with Crippen molar-refractivity contribution in [2.24, 2.45) is 5.92 Å². The molecule has 1 amide bonds. The number of amides is 1. The first-order chi connectivity index (χ1) is 6.97. The summed E-state index contributed by atoms with van der Waals surface area (Å²) < 4.78 is 4.61. The molecular weight excluding hydrogens is 196 g/mol. The van der Waals surface area contributed by atoms with Gasteiger partial charge in [0.05, 0.1) is 13.0 Å². The summed E-state index contributed by atoms with van der Waals surface area (Å²) in [4.78, 5) is 23.1. The minimum Gasteiger partial charge on any atom is -0.467 e. The van der Waals surface area contributed by atoms with Crippen LogP contribution in [-0.2, 0) is 14.3 Å². The molecule has 5 nitrogen and oxygen atoms in total. The highest BCUT2D eigenvalue weighted by atomic mass is 16.5. The van der Waals surface area contributed by atoms with Crippen LogP contribution in [0.1, 0.15) is 20.3 Å². The molecule has 0 spiro atoms. The zero-order chi connectivity index (χ0) is 11.5. The van der Waals surface area contributed by atoms with Gasteiger partial charge in [-0.3, -0.25) is 4.79 Å². The molecule has 0 radical (unpaired) electrons. The second-order valence-electron chi connectivity index (χ2n) is 4.30. The van der Waals surface area contributed by atoms with Crippen LogP contribution in [0.15, 0.2) is 0 Å². The second kappa shape index (κ2) is 4.61. The third-order valence-corrected chi connectivity index (χ3v) is 2.56. The molecule has 1 atom stereocenters. The van der Waals surface area contributed by atoms with E-state index in [2.05, 4.69) is 15.4 Å². The van der Waals surface area contributed by atoms with E-state index in [9.17, 15) is 9.59 Å². The van der Waals surface area contributed by atoms with Gasteiger partial charge in [-0.2, -0.15) is 0 Å². The largest absolute Gasteiger partial charge is 0.467 e. The highest BCUT2D eigenvalue weighted by Crippen LogP contribution is 2.11. The summed E-state index contributed by atoms with van der Waals surface area (Å²) in [5.41, 5.74) is -0.950. The summed E-state index contributed by atoms with van der Waals surface area (Å²) in [6, 6.07) is 0. The van der Waals surface area contributed by atoms with Crippen molar-refractivity contribution < 1.29 is 14.3 Å². The van der Waals surface area contributed by atoms with Crippen LogP contribution in [0.5, 0.6) is 0 Å². The Bertz CT molecular complexity index is 257. The van der Waals surface area contributed by atoms with E-state index in [4.69, 9.17) is 0 Å². The Kier molecular flexibility index (Phi) is 3.68. The predicted molar refractivity (Wildman–Crippen MR) is 55.2 cm³/mol. The van der Waals surface area contributed by atoms with Crippen LogP contribution >= 0.6 is 0 Å². The van der Waals surface area contributed by atoms with E-state index in [1.165, 1.54) is 7.11 Å². The van der Waals surface area contributed by atoms with Gasteiger partial charge in [0.2, 0.25) is 5.91 Å². The lowest BCUT2D eigenvalue weighted by molar-refractivity contribution is -0.149. The molecule has 2 N–H and O–H groups in total. The Morgan fingerprint density at radius 2 is 2.13 bits per heavy atom. The van der Waals surface area contributed by atoms with E-state index in [1.54, 1.807) is 13.8 Å². The molecule has 86 valence electrons. The normalized spacial score (nSPS) is 21.1. The van der Waals surface area contributed by atoms with Gasteiger partial charge in [-0.15, -0.1) is 0 Å². The molecule has 1 rings (SSSR count). The molecule has 15 heavy (non-hydrogen) atoms. The zero-order valence-electron chi connectivity index (χ0n) is 9.42. The van der Waals surface area contributed by atoms with E-state index in [0.29, 0.717) is 6.54 Å². The number of methoxy groups -OCH3 is 1. The standard InChI is InChI=1S/C10H18N2O3/c1-10(2,9(14)15-3)12-8(13)7-4-5-11-6-7/h7,11H,4-6H2,1-3H3,(H,12,13)/t7-/m0/s1. The number of carbonyl (C=O) groups excluding carboxylic acids is 2. The van der Waals surface area contributed by atoms with Crippen molar-refractivity contribution in [3.63, 3.8) is 0 Å². The predicted octanol–water partition coefficient (Wildman–Crippen LogP) is -0.336. The summed E-state index contributed by atoms with van der Waals surface area (Å²) in [5.74, 6) is -0.550. The van der Waals surface area contributed by atoms with Crippen LogP contribution in [0.2, 0.25) is 0 Å². The molecule has 1 aliphatic rings. The van der Waals surface area contributed by atoms with Crippen LogP contribution in [0.3, 0.4) is 0 Å². The highest BCUT2D eigenvalue weighted by Gasteiger charge is 2.33. The monoisotopic (exact) mass is 214 g/mol. The van der Waals surface area contributed by atoms with Crippen molar-refractivity contribution >= 4 is 11.9 Å². The third-order valence-electron chi connectivity index (χ3n) is 2.56. The van der Waals surface area contributed by atoms with Gasteiger partial charge in [0.15, 0.2) is 0 Å². The van der Waals surface area contributed by atoms with Crippen molar-refractivity contribution in [3.05, 3.63) is 0 Å². The van der Waals surface area contributed by atoms with E-state index in [-0.39, 0.29) is 11.8 Å². The van der Waals surface area contributed by atoms with Crippen molar-refractivity contribution in [1.82, 2.24) is 10.6 Å². The lowest BCUT2D eigenvalue weighted by Gasteiger charge is -2.24. The Labute approximate surface area is 89.6 Å². The van der Waals surface area contributed by atoms with Gasteiger partial charge in [0.1, 0.15) is 5.54 Å². The van der Waals surface area contributed by atoms with Crippen molar-refractivity contribution in [1.29, 1.82) is 0 Å². The maximum absolute atomic E-state index is 11.7. The van der Waals surface area contributed by atoms with Crippen molar-refractivity contribution in [3.8, 4) is 0 Å². The SMILES string of the molecule is COC(=O)C(C)(C)NC(=O)[C@H]1CCNC1. The fourth-order valence-corrected chi connectivity index (χ4v) is 1.59. The van der Waals surface area contributed by atoms with Gasteiger partial charge in [0.25, 0.3) is 0 Å². The molecule has 0 bridgehead atoms. The van der Waals surface area contributed by atoms with E-state index in [0.717, 1.165) is 13.0 Å². The topological polar surface area (TPSA) is 67.4 Å². The first kappa shape index (κ1) is 12.0. The Hall–Kier alpha value is -1.10. The molecule has 1 fully saturated rings. The summed E-state index contributed by atoms with van der Waals surface area (Å²) in [5, 5.41) is 5.80. The van der Waals surface area contributed by atoms with Gasteiger partial charge in [-0.25, -0.2) is 4.79 Å². The van der Waals surface area contributed by atoms with Gasteiger partial charge in [0, 0.05) is 6.54 Å². The zero-order valence-corrected chi connectivity index (χ0v) is 9.42. The lowest BCUT2D eigenvalue weighted by Crippen LogP contribution is -2.52. The maximum atomic E-state index is 11.7. The van der Waals surface area contributed by atoms with Gasteiger partial charge < -0.3 is 15.4 Å². The first-order valence-electron chi connectivity index (χ1n) is 5.08. The van der Waals surface area contributed by atoms with Crippen molar-refractivity contribution in [2.45, 2.75) is 25.8 Å². The molecule has 0 aliphatic carbocycles. The van der Waals surface area contributed by atoms with Gasteiger partial charge >= 0.3 is 5.97 Å². The van der Waals surface area contributed by atoms with Crippen LogP contribution in [-0.4, -0.2) is 37.6 Å². The van der Waals surface area contributed by atoms with E-state index < -0.39 is 11.5 Å². The van der Waals surface area contributed by atoms with Gasteiger partial charge in [-0.05, 0) is 26.8 Å². The summed E-state index contributed by atoms with van der Waals surface area (Å²) >= 11 is 0. The van der Waals surface area contributed by atoms with Crippen LogP contribution in [0.4, 0.5) is 0 Å². The molecule has 1 heterocycles. The maximum Gasteiger partial charge on any atom is 0.330 e. The van der Waals surface area contributed by atoms with E-state index in [1.807, 2.05) is 0 Å². The molecule has 0 aromatic rings. The third kappa shape index (κ3) is 2.92. The van der Waals surface area contributed by atoms with E-state index >= 15 is 0 Å². The fourth-order valence-electron chi connectivity index (χ4n) is 1.59. The Morgan fingerprint density at radius 1 is 1.47 bits per heavy atom. The second-order valence-corrected chi connectivity index (χ2v) is 4.30. The average Bonchev–Trinajstić information content (AvgIpc) is 2.68. The molecular formula is C10H18N2O3. The van der Waals surface area contributed by atoms with Crippen LogP contribution in [0.25, 0.3) is 0 Å². The number of ether oxygens (including phenoxy) is 1. The van der Waals surface area contributed by atoms with Crippen LogP contribution < -0.4 is 10.6 Å². The number of rotatable bonds is 3. The molecule has 0 aromatic carbocycles. The number of nitrogens with one attached hydrogen (secondary N) is 2. The van der Waals surface area contributed by atoms with Gasteiger partial charge in [-0.1, -0.05) is 0 Å². The van der Waals surface area contributed by atoms with Crippen LogP contribution in [0, 0.1) is 5.92 Å².